The molecule has 0 saturated carbocycles. The Bertz CT molecular complexity index is 472. The Kier molecular flexibility index (Phi) is 3.81. The lowest BCUT2D eigenvalue weighted by Crippen LogP contribution is -2.20. The van der Waals surface area contributed by atoms with E-state index in [1.54, 1.807) is 24.9 Å². The van der Waals surface area contributed by atoms with Crippen molar-refractivity contribution >= 4 is 17.5 Å². The fourth-order valence-corrected chi connectivity index (χ4v) is 3.38. The van der Waals surface area contributed by atoms with Gasteiger partial charge in [-0.1, -0.05) is 25.6 Å². The van der Waals surface area contributed by atoms with Gasteiger partial charge in [0.1, 0.15) is 5.75 Å². The molecule has 0 spiro atoms. The van der Waals surface area contributed by atoms with Crippen LogP contribution in [0.2, 0.25) is 0 Å². The van der Waals surface area contributed by atoms with E-state index in [0.29, 0.717) is 6.42 Å². The zero-order valence-corrected chi connectivity index (χ0v) is 11.8. The SMILES string of the molecule is COc1ccc(SC2=CC(=O)CC(C)(C)C2)cc1. The van der Waals surface area contributed by atoms with E-state index in [9.17, 15) is 4.79 Å². The zero-order valence-electron chi connectivity index (χ0n) is 11.0. The van der Waals surface area contributed by atoms with Crippen molar-refractivity contribution in [2.75, 3.05) is 7.11 Å². The number of allylic oxidation sites excluding steroid dienone is 2. The van der Waals surface area contributed by atoms with E-state index in [1.807, 2.05) is 24.3 Å². The number of hydrogen-bond acceptors (Lipinski definition) is 3. The van der Waals surface area contributed by atoms with Crippen LogP contribution in [0.5, 0.6) is 5.75 Å². The Balaban J connectivity index is 2.11. The van der Waals surface area contributed by atoms with Gasteiger partial charge in [0.15, 0.2) is 5.78 Å². The van der Waals surface area contributed by atoms with Crippen LogP contribution in [0.1, 0.15) is 26.7 Å². The molecule has 0 aliphatic heterocycles. The molecule has 0 radical (unpaired) electrons. The number of carbonyl (C=O) groups excluding carboxylic acids is 1. The van der Waals surface area contributed by atoms with E-state index < -0.39 is 0 Å². The van der Waals surface area contributed by atoms with Crippen molar-refractivity contribution in [1.82, 2.24) is 0 Å². The average molecular weight is 262 g/mol. The maximum Gasteiger partial charge on any atom is 0.157 e. The average Bonchev–Trinajstić information content (AvgIpc) is 2.27. The molecule has 1 aromatic carbocycles. The molecule has 18 heavy (non-hydrogen) atoms. The number of ether oxygens (including phenoxy) is 1. The first-order valence-electron chi connectivity index (χ1n) is 6.04. The van der Waals surface area contributed by atoms with Gasteiger partial charge in [-0.25, -0.2) is 0 Å². The summed E-state index contributed by atoms with van der Waals surface area (Å²) in [5.41, 5.74) is 0.0840. The Labute approximate surface area is 112 Å². The van der Waals surface area contributed by atoms with Gasteiger partial charge in [-0.15, -0.1) is 0 Å². The van der Waals surface area contributed by atoms with E-state index in [4.69, 9.17) is 4.74 Å². The molecule has 0 fully saturated rings. The summed E-state index contributed by atoms with van der Waals surface area (Å²) in [5.74, 6) is 1.09. The summed E-state index contributed by atoms with van der Waals surface area (Å²) in [6, 6.07) is 7.93. The molecule has 0 atom stereocenters. The topological polar surface area (TPSA) is 26.3 Å². The molecule has 3 heteroatoms. The Morgan fingerprint density at radius 3 is 2.39 bits per heavy atom. The number of benzene rings is 1. The van der Waals surface area contributed by atoms with Crippen molar-refractivity contribution < 1.29 is 9.53 Å². The van der Waals surface area contributed by atoms with Crippen molar-refractivity contribution in [2.24, 2.45) is 5.41 Å². The second-order valence-corrected chi connectivity index (χ2v) is 6.57. The number of rotatable bonds is 3. The number of ketones is 1. The molecule has 0 saturated heterocycles. The third-order valence-electron chi connectivity index (χ3n) is 2.94. The summed E-state index contributed by atoms with van der Waals surface area (Å²) in [4.78, 5) is 14.0. The first-order chi connectivity index (χ1) is 8.48. The van der Waals surface area contributed by atoms with E-state index in [-0.39, 0.29) is 11.2 Å². The third kappa shape index (κ3) is 3.39. The van der Waals surface area contributed by atoms with Gasteiger partial charge < -0.3 is 4.74 Å². The molecule has 2 rings (SSSR count). The maximum atomic E-state index is 11.7. The first-order valence-corrected chi connectivity index (χ1v) is 6.85. The van der Waals surface area contributed by atoms with Gasteiger partial charge in [0.2, 0.25) is 0 Å². The highest BCUT2D eigenvalue weighted by molar-refractivity contribution is 8.03. The molecule has 0 bridgehead atoms. The van der Waals surface area contributed by atoms with Gasteiger partial charge in [0, 0.05) is 11.3 Å². The molecular weight excluding hydrogens is 244 g/mol. The monoisotopic (exact) mass is 262 g/mol. The zero-order chi connectivity index (χ0) is 13.2. The number of methoxy groups -OCH3 is 1. The second kappa shape index (κ2) is 5.19. The van der Waals surface area contributed by atoms with Gasteiger partial charge in [-0.2, -0.15) is 0 Å². The Morgan fingerprint density at radius 1 is 1.17 bits per heavy atom. The minimum absolute atomic E-state index is 0.0840. The van der Waals surface area contributed by atoms with Crippen molar-refractivity contribution in [3.63, 3.8) is 0 Å². The van der Waals surface area contributed by atoms with Crippen LogP contribution >= 0.6 is 11.8 Å². The minimum Gasteiger partial charge on any atom is -0.497 e. The quantitative estimate of drug-likeness (QED) is 0.821. The fraction of sp³-hybridized carbons (Fsp3) is 0.400. The maximum absolute atomic E-state index is 11.7. The van der Waals surface area contributed by atoms with Gasteiger partial charge in [0.25, 0.3) is 0 Å². The minimum atomic E-state index is 0.0840. The second-order valence-electron chi connectivity index (χ2n) is 5.37. The summed E-state index contributed by atoms with van der Waals surface area (Å²) in [5, 5.41) is 0. The lowest BCUT2D eigenvalue weighted by Gasteiger charge is -2.28. The van der Waals surface area contributed by atoms with Crippen molar-refractivity contribution in [2.45, 2.75) is 31.6 Å². The van der Waals surface area contributed by atoms with Gasteiger partial charge in [-0.3, -0.25) is 4.79 Å². The summed E-state index contributed by atoms with van der Waals surface area (Å²) in [6.07, 6.45) is 3.41. The van der Waals surface area contributed by atoms with Crippen molar-refractivity contribution in [3.8, 4) is 5.75 Å². The van der Waals surface area contributed by atoms with Crippen LogP contribution in [-0.4, -0.2) is 12.9 Å². The van der Waals surface area contributed by atoms with E-state index in [2.05, 4.69) is 13.8 Å². The molecule has 1 aliphatic rings. The van der Waals surface area contributed by atoms with Crippen LogP contribution in [-0.2, 0) is 4.79 Å². The molecule has 0 heterocycles. The van der Waals surface area contributed by atoms with E-state index in [0.717, 1.165) is 22.0 Å². The number of hydrogen-bond donors (Lipinski definition) is 0. The van der Waals surface area contributed by atoms with Crippen LogP contribution in [0.4, 0.5) is 0 Å². The summed E-state index contributed by atoms with van der Waals surface area (Å²) in [6.45, 7) is 4.29. The summed E-state index contributed by atoms with van der Waals surface area (Å²) < 4.78 is 5.13. The lowest BCUT2D eigenvalue weighted by atomic mass is 9.80. The van der Waals surface area contributed by atoms with Crippen LogP contribution in [0.25, 0.3) is 0 Å². The van der Waals surface area contributed by atoms with Crippen LogP contribution in [0, 0.1) is 5.41 Å². The van der Waals surface area contributed by atoms with Crippen LogP contribution in [0.15, 0.2) is 40.1 Å². The molecule has 0 aromatic heterocycles. The molecule has 0 amide bonds. The Hall–Kier alpha value is -1.22. The summed E-state index contributed by atoms with van der Waals surface area (Å²) >= 11 is 1.67. The van der Waals surface area contributed by atoms with E-state index in [1.165, 1.54) is 0 Å². The Morgan fingerprint density at radius 2 is 1.83 bits per heavy atom. The van der Waals surface area contributed by atoms with Gasteiger partial charge in [0.05, 0.1) is 7.11 Å². The first kappa shape index (κ1) is 13.2. The molecule has 96 valence electrons. The molecule has 1 aromatic rings. The smallest absolute Gasteiger partial charge is 0.157 e. The van der Waals surface area contributed by atoms with Gasteiger partial charge in [-0.05, 0) is 47.1 Å². The highest BCUT2D eigenvalue weighted by atomic mass is 32.2. The van der Waals surface area contributed by atoms with Crippen LogP contribution < -0.4 is 4.74 Å². The van der Waals surface area contributed by atoms with Crippen molar-refractivity contribution in [1.29, 1.82) is 0 Å². The molecule has 1 aliphatic carbocycles. The lowest BCUT2D eigenvalue weighted by molar-refractivity contribution is -0.116. The highest BCUT2D eigenvalue weighted by Crippen LogP contribution is 2.41. The highest BCUT2D eigenvalue weighted by Gasteiger charge is 2.27. The molecule has 2 nitrogen and oxygen atoms in total. The van der Waals surface area contributed by atoms with Crippen LogP contribution in [0.3, 0.4) is 0 Å². The molecule has 0 unspecified atom stereocenters. The molecule has 0 N–H and O–H groups in total. The van der Waals surface area contributed by atoms with E-state index >= 15 is 0 Å². The number of thioether (sulfide) groups is 1. The molecular formula is C15H18O2S. The normalized spacial score (nSPS) is 18.4. The largest absolute Gasteiger partial charge is 0.497 e. The predicted molar refractivity (Wildman–Crippen MR) is 75.0 cm³/mol. The standard InChI is InChI=1S/C15H18O2S/c1-15(2)9-11(16)8-14(10-15)18-13-6-4-12(17-3)5-7-13/h4-8H,9-10H2,1-3H3. The van der Waals surface area contributed by atoms with Gasteiger partial charge >= 0.3 is 0 Å². The predicted octanol–water partition coefficient (Wildman–Crippen LogP) is 4.06. The third-order valence-corrected chi connectivity index (χ3v) is 3.97. The van der Waals surface area contributed by atoms with Crippen molar-refractivity contribution in [3.05, 3.63) is 35.2 Å². The fourth-order valence-electron chi connectivity index (χ4n) is 2.15. The number of carbonyl (C=O) groups is 1. The summed E-state index contributed by atoms with van der Waals surface area (Å²) in [7, 11) is 1.66.